The van der Waals surface area contributed by atoms with Crippen LogP contribution in [-0.4, -0.2) is 49.4 Å². The number of likely N-dealkylation sites (N-methyl/N-ethyl adjacent to an activating group) is 1. The normalized spacial score (nSPS) is 19.1. The summed E-state index contributed by atoms with van der Waals surface area (Å²) < 4.78 is 1.77. The summed E-state index contributed by atoms with van der Waals surface area (Å²) in [6.07, 6.45) is 4.38. The van der Waals surface area contributed by atoms with E-state index in [1.807, 2.05) is 25.5 Å². The molecule has 0 aliphatic carbocycles. The molecule has 0 bridgehead atoms. The highest BCUT2D eigenvalue weighted by atomic mass is 32.1. The zero-order valence-electron chi connectivity index (χ0n) is 14.6. The average molecular weight is 365 g/mol. The third-order valence-corrected chi connectivity index (χ3v) is 6.29. The Morgan fingerprint density at radius 3 is 2.88 bits per heavy atom. The summed E-state index contributed by atoms with van der Waals surface area (Å²) in [4.78, 5) is 13.4. The molecule has 26 heavy (non-hydrogen) atoms. The second-order valence-corrected chi connectivity index (χ2v) is 8.02. The number of aliphatic hydroxyl groups excluding tert-OH is 1. The fraction of sp³-hybridized carbons (Fsp3) is 0.316. The molecule has 1 aliphatic rings. The second-order valence-electron chi connectivity index (χ2n) is 6.96. The second kappa shape index (κ2) is 5.84. The van der Waals surface area contributed by atoms with Crippen molar-refractivity contribution in [1.82, 2.24) is 24.6 Å². The van der Waals surface area contributed by atoms with Crippen molar-refractivity contribution in [3.05, 3.63) is 41.5 Å². The molecule has 1 saturated heterocycles. The minimum atomic E-state index is -0.440. The third kappa shape index (κ3) is 2.51. The molecule has 5 rings (SSSR count). The molecule has 5 heterocycles. The van der Waals surface area contributed by atoms with Gasteiger partial charge < -0.3 is 10.0 Å². The minimum Gasteiger partial charge on any atom is -0.386 e. The maximum atomic E-state index is 10.6. The largest absolute Gasteiger partial charge is 0.386 e. The summed E-state index contributed by atoms with van der Waals surface area (Å²) >= 11 is 1.58. The van der Waals surface area contributed by atoms with Crippen LogP contribution in [0.4, 0.5) is 0 Å². The zero-order valence-corrected chi connectivity index (χ0v) is 15.4. The Bertz CT molecular complexity index is 1120. The molecule has 7 heteroatoms. The molecular weight excluding hydrogens is 346 g/mol. The summed E-state index contributed by atoms with van der Waals surface area (Å²) in [5.41, 5.74) is 2.60. The maximum Gasteiger partial charge on any atom is 0.181 e. The Morgan fingerprint density at radius 2 is 2.12 bits per heavy atom. The van der Waals surface area contributed by atoms with Crippen LogP contribution in [0, 0.1) is 0 Å². The van der Waals surface area contributed by atoms with Crippen LogP contribution in [0.3, 0.4) is 0 Å². The number of hydrogen-bond donors (Lipinski definition) is 1. The Labute approximate surface area is 154 Å². The first-order valence-electron chi connectivity index (χ1n) is 8.67. The van der Waals surface area contributed by atoms with Crippen molar-refractivity contribution in [2.45, 2.75) is 18.6 Å². The molecule has 0 unspecified atom stereocenters. The van der Waals surface area contributed by atoms with Gasteiger partial charge in [-0.3, -0.25) is 4.68 Å². The summed E-state index contributed by atoms with van der Waals surface area (Å²) in [6, 6.07) is 8.44. The van der Waals surface area contributed by atoms with Gasteiger partial charge in [0.1, 0.15) is 10.9 Å². The molecule has 2 atom stereocenters. The van der Waals surface area contributed by atoms with Gasteiger partial charge in [-0.25, -0.2) is 9.97 Å². The van der Waals surface area contributed by atoms with Crippen molar-refractivity contribution in [1.29, 1.82) is 0 Å². The van der Waals surface area contributed by atoms with Gasteiger partial charge in [-0.2, -0.15) is 5.10 Å². The van der Waals surface area contributed by atoms with Gasteiger partial charge >= 0.3 is 0 Å². The van der Waals surface area contributed by atoms with Gasteiger partial charge in [0.05, 0.1) is 5.69 Å². The molecule has 6 nitrogen and oxygen atoms in total. The van der Waals surface area contributed by atoms with E-state index in [1.165, 1.54) is 0 Å². The smallest absolute Gasteiger partial charge is 0.181 e. The van der Waals surface area contributed by atoms with Crippen LogP contribution in [0.25, 0.3) is 32.5 Å². The Morgan fingerprint density at radius 1 is 1.23 bits per heavy atom. The number of aliphatic hydroxyl groups is 1. The highest BCUT2D eigenvalue weighted by Gasteiger charge is 2.32. The van der Waals surface area contributed by atoms with Crippen molar-refractivity contribution >= 4 is 32.6 Å². The van der Waals surface area contributed by atoms with Crippen LogP contribution in [0.5, 0.6) is 0 Å². The lowest BCUT2D eigenvalue weighted by Crippen LogP contribution is -2.48. The fourth-order valence-electron chi connectivity index (χ4n) is 3.54. The first kappa shape index (κ1) is 15.9. The first-order valence-corrected chi connectivity index (χ1v) is 9.49. The van der Waals surface area contributed by atoms with E-state index in [4.69, 9.17) is 4.98 Å². The summed E-state index contributed by atoms with van der Waals surface area (Å²) in [7, 11) is 3.95. The van der Waals surface area contributed by atoms with Crippen molar-refractivity contribution < 1.29 is 5.11 Å². The lowest BCUT2D eigenvalue weighted by atomic mass is 9.97. The fourth-order valence-corrected chi connectivity index (χ4v) is 4.62. The molecule has 0 radical (unpaired) electrons. The van der Waals surface area contributed by atoms with E-state index < -0.39 is 6.10 Å². The van der Waals surface area contributed by atoms with Gasteiger partial charge in [-0.1, -0.05) is 0 Å². The molecule has 1 aliphatic heterocycles. The van der Waals surface area contributed by atoms with Crippen LogP contribution >= 0.6 is 11.3 Å². The monoisotopic (exact) mass is 365 g/mol. The number of hydrogen-bond acceptors (Lipinski definition) is 6. The maximum absolute atomic E-state index is 10.6. The van der Waals surface area contributed by atoms with Crippen molar-refractivity contribution in [3.63, 3.8) is 0 Å². The van der Waals surface area contributed by atoms with E-state index >= 15 is 0 Å². The number of rotatable bonds is 3. The van der Waals surface area contributed by atoms with Crippen molar-refractivity contribution in [2.75, 3.05) is 13.6 Å². The van der Waals surface area contributed by atoms with Crippen LogP contribution < -0.4 is 0 Å². The zero-order chi connectivity index (χ0) is 17.8. The number of nitrogens with zero attached hydrogens (tertiary/aromatic N) is 5. The quantitative estimate of drug-likeness (QED) is 0.605. The molecular formula is C19H19N5OS. The molecule has 132 valence electrons. The highest BCUT2D eigenvalue weighted by molar-refractivity contribution is 7.18. The van der Waals surface area contributed by atoms with Crippen molar-refractivity contribution in [3.8, 4) is 11.3 Å². The average Bonchev–Trinajstić information content (AvgIpc) is 3.21. The Balaban J connectivity index is 1.52. The van der Waals surface area contributed by atoms with E-state index in [0.29, 0.717) is 0 Å². The van der Waals surface area contributed by atoms with Gasteiger partial charge in [0, 0.05) is 46.7 Å². The van der Waals surface area contributed by atoms with Gasteiger partial charge in [-0.15, -0.1) is 11.3 Å². The first-order chi connectivity index (χ1) is 12.6. The van der Waals surface area contributed by atoms with Crippen LogP contribution in [0.2, 0.25) is 0 Å². The lowest BCUT2D eigenvalue weighted by molar-refractivity contribution is 0.00367. The van der Waals surface area contributed by atoms with E-state index in [1.54, 1.807) is 16.0 Å². The van der Waals surface area contributed by atoms with Gasteiger partial charge in [0.15, 0.2) is 5.65 Å². The summed E-state index contributed by atoms with van der Waals surface area (Å²) in [5, 5.41) is 17.0. The SMILES string of the molecule is CN1CC[C@@H]1[C@@H](O)c1cc2ccc(-c3cnc4nn(C)cc4c3)nc2s1. The molecule has 0 spiro atoms. The number of fused-ring (bicyclic) bond motifs is 2. The van der Waals surface area contributed by atoms with Gasteiger partial charge in [-0.05, 0) is 44.3 Å². The summed E-state index contributed by atoms with van der Waals surface area (Å²) in [6.45, 7) is 1.05. The highest BCUT2D eigenvalue weighted by Crippen LogP contribution is 2.36. The number of aromatic nitrogens is 4. The number of aryl methyl sites for hydroxylation is 1. The molecule has 0 aromatic carbocycles. The standard InChI is InChI=1S/C19H19N5OS/c1-23-6-5-15(23)17(25)16-8-11-3-4-14(21-19(11)26-16)12-7-13-10-24(2)22-18(13)20-9-12/h3-4,7-10,15,17,25H,5-6H2,1-2H3/t15-,17-/m1/s1. The number of pyridine rings is 2. The van der Waals surface area contributed by atoms with Crippen LogP contribution in [0.1, 0.15) is 17.4 Å². The Kier molecular flexibility index (Phi) is 3.56. The van der Waals surface area contributed by atoms with Gasteiger partial charge in [0.2, 0.25) is 0 Å². The van der Waals surface area contributed by atoms with E-state index in [9.17, 15) is 5.11 Å². The minimum absolute atomic E-state index is 0.222. The van der Waals surface area contributed by atoms with E-state index in [0.717, 1.165) is 50.4 Å². The molecule has 4 aromatic rings. The topological polar surface area (TPSA) is 67.1 Å². The predicted octanol–water partition coefficient (Wildman–Crippen LogP) is 2.98. The molecule has 4 aromatic heterocycles. The molecule has 1 fully saturated rings. The molecule has 0 saturated carbocycles. The van der Waals surface area contributed by atoms with E-state index in [2.05, 4.69) is 40.2 Å². The van der Waals surface area contributed by atoms with Gasteiger partial charge in [0.25, 0.3) is 0 Å². The predicted molar refractivity (Wildman–Crippen MR) is 103 cm³/mol. The number of likely N-dealkylation sites (tertiary alicyclic amines) is 1. The number of thiophene rings is 1. The molecule has 0 amide bonds. The van der Waals surface area contributed by atoms with E-state index in [-0.39, 0.29) is 6.04 Å². The van der Waals surface area contributed by atoms with Crippen LogP contribution in [0.15, 0.2) is 36.7 Å². The molecule has 1 N–H and O–H groups in total. The van der Waals surface area contributed by atoms with Crippen molar-refractivity contribution in [2.24, 2.45) is 7.05 Å². The van der Waals surface area contributed by atoms with Crippen LogP contribution in [-0.2, 0) is 7.05 Å². The Hall–Kier alpha value is -2.35. The lowest BCUT2D eigenvalue weighted by Gasteiger charge is -2.40. The summed E-state index contributed by atoms with van der Waals surface area (Å²) in [5.74, 6) is 0. The third-order valence-electron chi connectivity index (χ3n) is 5.17.